The molecule has 0 atom stereocenters. The van der Waals surface area contributed by atoms with Crippen molar-refractivity contribution in [2.45, 2.75) is 26.7 Å². The zero-order valence-electron chi connectivity index (χ0n) is 13.0. The van der Waals surface area contributed by atoms with Gasteiger partial charge in [0.05, 0.1) is 12.0 Å². The van der Waals surface area contributed by atoms with Crippen molar-refractivity contribution in [3.05, 3.63) is 46.6 Å². The second kappa shape index (κ2) is 5.38. The fourth-order valence-electron chi connectivity index (χ4n) is 2.91. The minimum Gasteiger partial charge on any atom is -0.466 e. The van der Waals surface area contributed by atoms with Gasteiger partial charge in [-0.1, -0.05) is 0 Å². The Morgan fingerprint density at radius 3 is 3.04 bits per heavy atom. The molecule has 0 aliphatic heterocycles. The van der Waals surface area contributed by atoms with Gasteiger partial charge < -0.3 is 8.83 Å². The van der Waals surface area contributed by atoms with Crippen LogP contribution in [0.15, 0.2) is 33.3 Å². The molecule has 0 spiro atoms. The van der Waals surface area contributed by atoms with Crippen LogP contribution in [0.25, 0.3) is 11.3 Å². The molecular formula is C17H16N2O3S. The number of carbonyl (C=O) groups is 1. The molecule has 0 aromatic carbocycles. The van der Waals surface area contributed by atoms with Crippen LogP contribution in [0.2, 0.25) is 0 Å². The summed E-state index contributed by atoms with van der Waals surface area (Å²) in [6.45, 7) is 4.43. The van der Waals surface area contributed by atoms with Gasteiger partial charge in [-0.3, -0.25) is 9.69 Å². The molecule has 4 rings (SSSR count). The quantitative estimate of drug-likeness (QED) is 0.727. The minimum atomic E-state index is -0.160. The lowest BCUT2D eigenvalue weighted by Crippen LogP contribution is -2.30. The second-order valence-electron chi connectivity index (χ2n) is 5.49. The minimum absolute atomic E-state index is 0.160. The van der Waals surface area contributed by atoms with Crippen molar-refractivity contribution in [3.63, 3.8) is 0 Å². The maximum Gasteiger partial charge on any atom is 0.295 e. The number of anilines is 1. The summed E-state index contributed by atoms with van der Waals surface area (Å²) in [7, 11) is 0. The van der Waals surface area contributed by atoms with E-state index in [-0.39, 0.29) is 5.91 Å². The van der Waals surface area contributed by atoms with Gasteiger partial charge >= 0.3 is 0 Å². The van der Waals surface area contributed by atoms with E-state index < -0.39 is 0 Å². The Balaban J connectivity index is 1.73. The van der Waals surface area contributed by atoms with Crippen molar-refractivity contribution in [2.24, 2.45) is 0 Å². The standard InChI is InChI=1S/C17H16N2O3S/c1-3-19(16(20)13-5-4-8-21-13)17-18-15-11-9-10(2)22-12(11)6-7-14(15)23-17/h4-5,8-9H,3,6-7H2,1-2H3. The predicted octanol–water partition coefficient (Wildman–Crippen LogP) is 4.07. The molecule has 1 aliphatic rings. The molecule has 3 aromatic rings. The lowest BCUT2D eigenvalue weighted by molar-refractivity contribution is 0.0961. The Hall–Kier alpha value is -2.34. The summed E-state index contributed by atoms with van der Waals surface area (Å²) in [5, 5.41) is 0.714. The summed E-state index contributed by atoms with van der Waals surface area (Å²) in [6, 6.07) is 5.42. The summed E-state index contributed by atoms with van der Waals surface area (Å²) in [5.74, 6) is 2.07. The number of nitrogens with zero attached hydrogens (tertiary/aromatic N) is 2. The average Bonchev–Trinajstić information content (AvgIpc) is 3.25. The Morgan fingerprint density at radius 1 is 1.43 bits per heavy atom. The van der Waals surface area contributed by atoms with Gasteiger partial charge in [0.2, 0.25) is 0 Å². The SMILES string of the molecule is CCN(C(=O)c1ccco1)c1nc2c(s1)CCc1oc(C)cc1-2. The first kappa shape index (κ1) is 14.3. The first-order valence-corrected chi connectivity index (χ1v) is 8.43. The number of fused-ring (bicyclic) bond motifs is 3. The van der Waals surface area contributed by atoms with E-state index in [0.717, 1.165) is 35.6 Å². The topological polar surface area (TPSA) is 59.5 Å². The van der Waals surface area contributed by atoms with E-state index in [1.165, 1.54) is 11.1 Å². The highest BCUT2D eigenvalue weighted by molar-refractivity contribution is 7.16. The summed E-state index contributed by atoms with van der Waals surface area (Å²) >= 11 is 1.58. The highest BCUT2D eigenvalue weighted by Crippen LogP contribution is 2.40. The zero-order valence-corrected chi connectivity index (χ0v) is 13.8. The number of aryl methyl sites for hydroxylation is 3. The third kappa shape index (κ3) is 2.30. The number of furan rings is 2. The third-order valence-electron chi connectivity index (χ3n) is 3.98. The Morgan fingerprint density at radius 2 is 2.30 bits per heavy atom. The predicted molar refractivity (Wildman–Crippen MR) is 88.0 cm³/mol. The lowest BCUT2D eigenvalue weighted by Gasteiger charge is -2.15. The number of thiazole rings is 1. The van der Waals surface area contributed by atoms with E-state index in [2.05, 4.69) is 0 Å². The molecule has 0 saturated carbocycles. The van der Waals surface area contributed by atoms with Gasteiger partial charge in [-0.05, 0) is 38.5 Å². The highest BCUT2D eigenvalue weighted by atomic mass is 32.1. The van der Waals surface area contributed by atoms with Gasteiger partial charge in [0.1, 0.15) is 11.5 Å². The first-order chi connectivity index (χ1) is 11.2. The number of hydrogen-bond donors (Lipinski definition) is 0. The van der Waals surface area contributed by atoms with Crippen molar-refractivity contribution in [2.75, 3.05) is 11.4 Å². The first-order valence-electron chi connectivity index (χ1n) is 7.62. The van der Waals surface area contributed by atoms with Crippen LogP contribution in [-0.4, -0.2) is 17.4 Å². The number of aromatic nitrogens is 1. The molecule has 0 bridgehead atoms. The molecule has 23 heavy (non-hydrogen) atoms. The zero-order chi connectivity index (χ0) is 16.0. The fourth-order valence-corrected chi connectivity index (χ4v) is 4.05. The van der Waals surface area contributed by atoms with E-state index in [1.54, 1.807) is 28.4 Å². The Kier molecular flexibility index (Phi) is 3.34. The van der Waals surface area contributed by atoms with Gasteiger partial charge in [0, 0.05) is 23.4 Å². The number of rotatable bonds is 3. The fraction of sp³-hybridized carbons (Fsp3) is 0.294. The van der Waals surface area contributed by atoms with Crippen molar-refractivity contribution < 1.29 is 13.6 Å². The van der Waals surface area contributed by atoms with Gasteiger partial charge in [-0.25, -0.2) is 4.98 Å². The summed E-state index contributed by atoms with van der Waals surface area (Å²) < 4.78 is 11.0. The molecule has 1 amide bonds. The molecule has 0 radical (unpaired) electrons. The molecule has 118 valence electrons. The van der Waals surface area contributed by atoms with Crippen LogP contribution >= 0.6 is 11.3 Å². The molecule has 0 N–H and O–H groups in total. The smallest absolute Gasteiger partial charge is 0.295 e. The maximum atomic E-state index is 12.6. The van der Waals surface area contributed by atoms with Crippen LogP contribution in [0.1, 0.15) is 33.9 Å². The maximum absolute atomic E-state index is 12.6. The molecule has 0 saturated heterocycles. The van der Waals surface area contributed by atoms with E-state index in [9.17, 15) is 4.79 Å². The molecular weight excluding hydrogens is 312 g/mol. The second-order valence-corrected chi connectivity index (χ2v) is 6.55. The van der Waals surface area contributed by atoms with Crippen LogP contribution in [0.3, 0.4) is 0 Å². The molecule has 1 aliphatic carbocycles. The Bertz CT molecular complexity index is 861. The van der Waals surface area contributed by atoms with E-state index in [0.29, 0.717) is 17.4 Å². The summed E-state index contributed by atoms with van der Waals surface area (Å²) in [4.78, 5) is 20.2. The number of amides is 1. The molecule has 3 heterocycles. The van der Waals surface area contributed by atoms with Gasteiger partial charge in [0.15, 0.2) is 10.9 Å². The number of carbonyl (C=O) groups excluding carboxylic acids is 1. The molecule has 5 nitrogen and oxygen atoms in total. The van der Waals surface area contributed by atoms with Crippen LogP contribution in [0.4, 0.5) is 5.13 Å². The van der Waals surface area contributed by atoms with Gasteiger partial charge in [-0.2, -0.15) is 0 Å². The van der Waals surface area contributed by atoms with Crippen LogP contribution < -0.4 is 4.90 Å². The largest absolute Gasteiger partial charge is 0.466 e. The molecule has 0 unspecified atom stereocenters. The van der Waals surface area contributed by atoms with Crippen LogP contribution in [0, 0.1) is 6.92 Å². The monoisotopic (exact) mass is 328 g/mol. The average molecular weight is 328 g/mol. The Labute approximate surface area is 137 Å². The van der Waals surface area contributed by atoms with Crippen LogP contribution in [-0.2, 0) is 12.8 Å². The molecule has 0 fully saturated rings. The lowest BCUT2D eigenvalue weighted by atomic mass is 10.0. The van der Waals surface area contributed by atoms with E-state index in [4.69, 9.17) is 13.8 Å². The molecule has 3 aromatic heterocycles. The van der Waals surface area contributed by atoms with E-state index in [1.807, 2.05) is 19.9 Å². The summed E-state index contributed by atoms with van der Waals surface area (Å²) in [6.07, 6.45) is 3.30. The molecule has 6 heteroatoms. The van der Waals surface area contributed by atoms with Gasteiger partial charge in [0.25, 0.3) is 5.91 Å². The van der Waals surface area contributed by atoms with Crippen molar-refractivity contribution in [1.82, 2.24) is 4.98 Å². The van der Waals surface area contributed by atoms with E-state index >= 15 is 0 Å². The van der Waals surface area contributed by atoms with Crippen molar-refractivity contribution in [1.29, 1.82) is 0 Å². The number of hydrogen-bond acceptors (Lipinski definition) is 5. The highest BCUT2D eigenvalue weighted by Gasteiger charge is 2.28. The normalized spacial score (nSPS) is 12.8. The van der Waals surface area contributed by atoms with Crippen molar-refractivity contribution >= 4 is 22.4 Å². The summed E-state index contributed by atoms with van der Waals surface area (Å²) in [5.41, 5.74) is 2.02. The van der Waals surface area contributed by atoms with Crippen LogP contribution in [0.5, 0.6) is 0 Å². The van der Waals surface area contributed by atoms with Gasteiger partial charge in [-0.15, -0.1) is 11.3 Å². The van der Waals surface area contributed by atoms with Crippen molar-refractivity contribution in [3.8, 4) is 11.3 Å². The third-order valence-corrected chi connectivity index (χ3v) is 5.11.